The van der Waals surface area contributed by atoms with Crippen molar-refractivity contribution in [3.8, 4) is 0 Å². The monoisotopic (exact) mass is 570 g/mol. The molecule has 0 aliphatic carbocycles. The Labute approximate surface area is 232 Å². The second-order valence-electron chi connectivity index (χ2n) is 9.18. The van der Waals surface area contributed by atoms with Gasteiger partial charge in [0.15, 0.2) is 12.6 Å². The summed E-state index contributed by atoms with van der Waals surface area (Å²) in [6.07, 6.45) is -6.48. The highest BCUT2D eigenvalue weighted by atomic mass is 16.8. The van der Waals surface area contributed by atoms with Crippen LogP contribution in [0.15, 0.2) is 0 Å². The molecule has 11 unspecified atom stereocenters. The first-order valence-corrected chi connectivity index (χ1v) is 13.4. The quantitative estimate of drug-likeness (QED) is 0.216. The molecule has 2 rings (SSSR count). The Morgan fingerprint density at radius 3 is 1.56 bits per heavy atom. The van der Waals surface area contributed by atoms with Crippen molar-refractivity contribution in [2.24, 2.45) is 0 Å². The van der Waals surface area contributed by atoms with Gasteiger partial charge >= 0.3 is 0 Å². The Morgan fingerprint density at radius 2 is 1.08 bits per heavy atom. The van der Waals surface area contributed by atoms with Crippen molar-refractivity contribution >= 4 is 0 Å². The van der Waals surface area contributed by atoms with E-state index >= 15 is 0 Å². The Bertz CT molecular complexity index is 623. The van der Waals surface area contributed by atoms with E-state index in [9.17, 15) is 0 Å². The number of ether oxygens (including phenoxy) is 13. The van der Waals surface area contributed by atoms with Crippen molar-refractivity contribution in [3.63, 3.8) is 0 Å². The van der Waals surface area contributed by atoms with Crippen LogP contribution in [0.4, 0.5) is 0 Å². The van der Waals surface area contributed by atoms with Crippen molar-refractivity contribution in [2.45, 2.75) is 81.4 Å². The molecule has 0 saturated carbocycles. The average Bonchev–Trinajstić information content (AvgIpc) is 2.92. The van der Waals surface area contributed by atoms with Gasteiger partial charge in [-0.2, -0.15) is 0 Å². The Balaban J connectivity index is 2.36. The lowest BCUT2D eigenvalue weighted by Crippen LogP contribution is -2.66. The van der Waals surface area contributed by atoms with Gasteiger partial charge in [0, 0.05) is 63.0 Å². The zero-order valence-electron chi connectivity index (χ0n) is 24.9. The molecule has 39 heavy (non-hydrogen) atoms. The molecule has 13 nitrogen and oxygen atoms in total. The molecule has 2 heterocycles. The molecule has 0 N–H and O–H groups in total. The molecule has 11 atom stereocenters. The molecule has 232 valence electrons. The van der Waals surface area contributed by atoms with Crippen molar-refractivity contribution in [3.05, 3.63) is 0 Å². The maximum atomic E-state index is 6.64. The van der Waals surface area contributed by atoms with Crippen LogP contribution in [0.3, 0.4) is 0 Å². The van der Waals surface area contributed by atoms with Crippen LogP contribution in [0.5, 0.6) is 0 Å². The zero-order chi connectivity index (χ0) is 28.8. The van der Waals surface area contributed by atoms with Gasteiger partial charge in [-0.3, -0.25) is 0 Å². The fourth-order valence-corrected chi connectivity index (χ4v) is 5.12. The van der Waals surface area contributed by atoms with Crippen LogP contribution in [-0.4, -0.2) is 157 Å². The third kappa shape index (κ3) is 9.23. The molecule has 0 radical (unpaired) electrons. The van der Waals surface area contributed by atoms with Gasteiger partial charge in [0.1, 0.15) is 54.9 Å². The number of hydrogen-bond donors (Lipinski definition) is 0. The Hall–Kier alpha value is -0.520. The zero-order valence-corrected chi connectivity index (χ0v) is 24.9. The molecule has 0 amide bonds. The van der Waals surface area contributed by atoms with Crippen molar-refractivity contribution in [2.75, 3.05) is 89.4 Å². The molecule has 0 aromatic carbocycles. The van der Waals surface area contributed by atoms with Crippen LogP contribution in [0.25, 0.3) is 0 Å². The minimum absolute atomic E-state index is 0.217. The predicted molar refractivity (Wildman–Crippen MR) is 138 cm³/mol. The summed E-state index contributed by atoms with van der Waals surface area (Å²) < 4.78 is 76.6. The van der Waals surface area contributed by atoms with Gasteiger partial charge in [-0.15, -0.1) is 0 Å². The van der Waals surface area contributed by atoms with E-state index < -0.39 is 61.4 Å². The van der Waals surface area contributed by atoms with E-state index in [4.69, 9.17) is 61.6 Å². The molecule has 0 aromatic heterocycles. The lowest BCUT2D eigenvalue weighted by atomic mass is 9.96. The maximum Gasteiger partial charge on any atom is 0.187 e. The van der Waals surface area contributed by atoms with Gasteiger partial charge in [-0.25, -0.2) is 0 Å². The van der Waals surface area contributed by atoms with E-state index in [-0.39, 0.29) is 25.9 Å². The maximum absolute atomic E-state index is 6.64. The van der Waals surface area contributed by atoms with Gasteiger partial charge in [0.2, 0.25) is 0 Å². The van der Waals surface area contributed by atoms with E-state index in [0.717, 1.165) is 0 Å². The summed E-state index contributed by atoms with van der Waals surface area (Å²) in [6.45, 7) is 5.88. The first-order chi connectivity index (χ1) is 19.0. The third-order valence-electron chi connectivity index (χ3n) is 6.78. The molecule has 2 saturated heterocycles. The minimum atomic E-state index is -0.870. The molecule has 0 bridgehead atoms. The number of methoxy groups -OCH3 is 7. The van der Waals surface area contributed by atoms with E-state index in [1.165, 1.54) is 0 Å². The topological polar surface area (TPSA) is 120 Å². The molecular weight excluding hydrogens is 520 g/mol. The van der Waals surface area contributed by atoms with E-state index in [1.807, 2.05) is 13.8 Å². The van der Waals surface area contributed by atoms with E-state index in [0.29, 0.717) is 19.8 Å². The smallest absolute Gasteiger partial charge is 0.187 e. The first-order valence-electron chi connectivity index (χ1n) is 13.4. The summed E-state index contributed by atoms with van der Waals surface area (Å²) >= 11 is 0. The molecule has 2 aliphatic heterocycles. The van der Waals surface area contributed by atoms with Crippen LogP contribution in [0.1, 0.15) is 13.8 Å². The van der Waals surface area contributed by atoms with Crippen LogP contribution in [0, 0.1) is 0 Å². The summed E-state index contributed by atoms with van der Waals surface area (Å²) in [7, 11) is 11.1. The Kier molecular flexibility index (Phi) is 16.7. The number of rotatable bonds is 19. The second kappa shape index (κ2) is 18.8. The van der Waals surface area contributed by atoms with E-state index in [2.05, 4.69) is 0 Å². The molecule has 13 heteroatoms. The highest BCUT2D eigenvalue weighted by Crippen LogP contribution is 2.34. The van der Waals surface area contributed by atoms with Gasteiger partial charge in [-0.05, 0) is 13.8 Å². The number of hydrogen-bond acceptors (Lipinski definition) is 13. The largest absolute Gasteiger partial charge is 0.382 e. The van der Waals surface area contributed by atoms with Crippen LogP contribution >= 0.6 is 0 Å². The lowest BCUT2D eigenvalue weighted by molar-refractivity contribution is -0.370. The molecule has 2 fully saturated rings. The molecular formula is C26H50O13. The predicted octanol–water partition coefficient (Wildman–Crippen LogP) is 0.647. The summed E-state index contributed by atoms with van der Waals surface area (Å²) in [5, 5.41) is 0. The van der Waals surface area contributed by atoms with Gasteiger partial charge in [0.25, 0.3) is 0 Å². The third-order valence-corrected chi connectivity index (χ3v) is 6.78. The van der Waals surface area contributed by atoms with Crippen molar-refractivity contribution in [1.29, 1.82) is 0 Å². The molecule has 2 aliphatic rings. The summed E-state index contributed by atoms with van der Waals surface area (Å²) in [5.41, 5.74) is 0. The Morgan fingerprint density at radius 1 is 0.538 bits per heavy atom. The highest BCUT2D eigenvalue weighted by molar-refractivity contribution is 4.97. The fourth-order valence-electron chi connectivity index (χ4n) is 5.12. The minimum Gasteiger partial charge on any atom is -0.382 e. The second-order valence-corrected chi connectivity index (χ2v) is 9.18. The highest BCUT2D eigenvalue weighted by Gasteiger charge is 2.53. The average molecular weight is 571 g/mol. The molecule has 0 spiro atoms. The van der Waals surface area contributed by atoms with Gasteiger partial charge in [0.05, 0.1) is 26.4 Å². The summed E-state index contributed by atoms with van der Waals surface area (Å²) in [6, 6.07) is 0. The standard InChI is InChI=1S/C26H50O13/c1-10-34-16(12-27-3)13-36-25-24(33-9)22(20(31-7)18(37-25)15-29-5)39-26-23(32-8)21(35-11-2)19(30-6)17(38-26)14-28-4/h16-26H,10-15H2,1-9H3. The van der Waals surface area contributed by atoms with Crippen LogP contribution in [0.2, 0.25) is 0 Å². The lowest BCUT2D eigenvalue weighted by Gasteiger charge is -2.49. The van der Waals surface area contributed by atoms with Crippen LogP contribution in [-0.2, 0) is 61.6 Å². The normalized spacial score (nSPS) is 36.2. The van der Waals surface area contributed by atoms with Gasteiger partial charge < -0.3 is 61.6 Å². The fraction of sp³-hybridized carbons (Fsp3) is 1.00. The summed E-state index contributed by atoms with van der Waals surface area (Å²) in [4.78, 5) is 0. The van der Waals surface area contributed by atoms with Crippen LogP contribution < -0.4 is 0 Å². The first kappa shape index (κ1) is 34.7. The van der Waals surface area contributed by atoms with Crippen molar-refractivity contribution < 1.29 is 61.6 Å². The SMILES string of the molecule is CCOC(COC)COC1OC(COC)C(OC)C(OC2OC(COC)C(OC)C(OCC)C2OC)C1OC. The van der Waals surface area contributed by atoms with Gasteiger partial charge in [-0.1, -0.05) is 0 Å². The van der Waals surface area contributed by atoms with Crippen molar-refractivity contribution in [1.82, 2.24) is 0 Å². The summed E-state index contributed by atoms with van der Waals surface area (Å²) in [5.74, 6) is 0. The molecule has 0 aromatic rings. The van der Waals surface area contributed by atoms with E-state index in [1.54, 1.807) is 49.8 Å².